The SMILES string of the molecule is CN(CC(F)F)c1cc(Br)c(C(=O)c2cc(F)ccc2Cl)c(C#N)c1N=CN. The number of nitriles is 1. The first-order chi connectivity index (χ1) is 13.2. The number of anilines is 1. The number of alkyl halides is 2. The molecule has 0 bridgehead atoms. The smallest absolute Gasteiger partial charge is 0.255 e. The zero-order valence-corrected chi connectivity index (χ0v) is 16.7. The van der Waals surface area contributed by atoms with Crippen molar-refractivity contribution in [3.05, 3.63) is 56.3 Å². The summed E-state index contributed by atoms with van der Waals surface area (Å²) in [6.45, 7) is -0.632. The minimum Gasteiger partial charge on any atom is -0.390 e. The van der Waals surface area contributed by atoms with Crippen LogP contribution < -0.4 is 10.6 Å². The third kappa shape index (κ3) is 4.46. The van der Waals surface area contributed by atoms with Crippen LogP contribution in [0.4, 0.5) is 24.5 Å². The van der Waals surface area contributed by atoms with Crippen molar-refractivity contribution < 1.29 is 18.0 Å². The number of carbonyl (C=O) groups excluding carboxylic acids is 1. The quantitative estimate of drug-likeness (QED) is 0.376. The van der Waals surface area contributed by atoms with Crippen molar-refractivity contribution in [2.45, 2.75) is 6.43 Å². The fraction of sp³-hybridized carbons (Fsp3) is 0.167. The van der Waals surface area contributed by atoms with Crippen molar-refractivity contribution >= 4 is 51.0 Å². The molecule has 10 heteroatoms. The number of benzene rings is 2. The summed E-state index contributed by atoms with van der Waals surface area (Å²) in [5.41, 5.74) is 4.93. The van der Waals surface area contributed by atoms with Crippen LogP contribution in [0.5, 0.6) is 0 Å². The van der Waals surface area contributed by atoms with E-state index < -0.39 is 24.6 Å². The van der Waals surface area contributed by atoms with E-state index in [4.69, 9.17) is 17.3 Å². The van der Waals surface area contributed by atoms with Crippen molar-refractivity contribution in [2.75, 3.05) is 18.5 Å². The predicted octanol–water partition coefficient (Wildman–Crippen LogP) is 4.66. The number of hydrogen-bond donors (Lipinski definition) is 1. The first-order valence-electron chi connectivity index (χ1n) is 7.71. The number of carbonyl (C=O) groups is 1. The number of hydrogen-bond acceptors (Lipinski definition) is 4. The number of nitrogens with zero attached hydrogens (tertiary/aromatic N) is 3. The Bertz CT molecular complexity index is 992. The van der Waals surface area contributed by atoms with E-state index in [-0.39, 0.29) is 37.6 Å². The van der Waals surface area contributed by atoms with Crippen LogP contribution >= 0.6 is 27.5 Å². The van der Waals surface area contributed by atoms with Crippen molar-refractivity contribution in [1.29, 1.82) is 5.26 Å². The highest BCUT2D eigenvalue weighted by Crippen LogP contribution is 2.40. The van der Waals surface area contributed by atoms with Crippen LogP contribution in [-0.4, -0.2) is 32.1 Å². The zero-order valence-electron chi connectivity index (χ0n) is 14.4. The Kier molecular flexibility index (Phi) is 7.05. The minimum absolute atomic E-state index is 0.00930. The van der Waals surface area contributed by atoms with E-state index in [1.54, 1.807) is 0 Å². The normalized spacial score (nSPS) is 11.1. The topological polar surface area (TPSA) is 82.5 Å². The minimum atomic E-state index is -2.64. The van der Waals surface area contributed by atoms with Crippen molar-refractivity contribution in [2.24, 2.45) is 10.7 Å². The van der Waals surface area contributed by atoms with Crippen LogP contribution in [0, 0.1) is 17.1 Å². The Balaban J connectivity index is 2.76. The van der Waals surface area contributed by atoms with Crippen LogP contribution in [0.25, 0.3) is 0 Å². The maximum atomic E-state index is 13.6. The molecule has 0 unspecified atom stereocenters. The van der Waals surface area contributed by atoms with E-state index in [2.05, 4.69) is 20.9 Å². The van der Waals surface area contributed by atoms with Gasteiger partial charge in [-0.3, -0.25) is 4.79 Å². The summed E-state index contributed by atoms with van der Waals surface area (Å²) in [4.78, 5) is 18.1. The van der Waals surface area contributed by atoms with Crippen molar-refractivity contribution in [1.82, 2.24) is 0 Å². The second kappa shape index (κ2) is 9.08. The molecule has 0 saturated carbocycles. The van der Waals surface area contributed by atoms with E-state index in [0.717, 1.165) is 18.5 Å². The molecule has 2 aromatic rings. The molecule has 0 saturated heterocycles. The first-order valence-corrected chi connectivity index (χ1v) is 8.88. The van der Waals surface area contributed by atoms with Gasteiger partial charge in [0.25, 0.3) is 6.43 Å². The van der Waals surface area contributed by atoms with Crippen LogP contribution in [-0.2, 0) is 0 Å². The summed E-state index contributed by atoms with van der Waals surface area (Å²) in [6.07, 6.45) is -1.76. The third-order valence-electron chi connectivity index (χ3n) is 3.77. The monoisotopic (exact) mass is 472 g/mol. The number of halogens is 5. The van der Waals surface area contributed by atoms with Crippen LogP contribution in [0.2, 0.25) is 5.02 Å². The molecule has 0 aromatic heterocycles. The van der Waals surface area contributed by atoms with Gasteiger partial charge >= 0.3 is 0 Å². The molecule has 146 valence electrons. The highest BCUT2D eigenvalue weighted by Gasteiger charge is 2.26. The number of ketones is 1. The zero-order chi connectivity index (χ0) is 21.0. The molecule has 0 aliphatic heterocycles. The van der Waals surface area contributed by atoms with Gasteiger partial charge in [-0.1, -0.05) is 11.6 Å². The largest absolute Gasteiger partial charge is 0.390 e. The first kappa shape index (κ1) is 21.7. The van der Waals surface area contributed by atoms with Gasteiger partial charge in [0.05, 0.1) is 34.7 Å². The highest BCUT2D eigenvalue weighted by molar-refractivity contribution is 9.10. The molecule has 5 nitrogen and oxygen atoms in total. The van der Waals surface area contributed by atoms with Gasteiger partial charge in [0, 0.05) is 17.1 Å². The summed E-state index contributed by atoms with van der Waals surface area (Å²) in [7, 11) is 1.38. The van der Waals surface area contributed by atoms with Crippen molar-refractivity contribution in [3.8, 4) is 6.07 Å². The van der Waals surface area contributed by atoms with Gasteiger partial charge < -0.3 is 10.6 Å². The standard InChI is InChI=1S/C18H13BrClF3N4O/c1-27(7-15(22)23)14-5-12(19)16(11(6-24)17(14)26-8-25)18(28)10-4-9(21)2-3-13(10)20/h2-5,8,15H,7H2,1H3,(H2,25,26). The lowest BCUT2D eigenvalue weighted by atomic mass is 9.96. The lowest BCUT2D eigenvalue weighted by Gasteiger charge is -2.23. The van der Waals surface area contributed by atoms with E-state index in [1.165, 1.54) is 24.1 Å². The fourth-order valence-corrected chi connectivity index (χ4v) is 3.36. The van der Waals surface area contributed by atoms with Crippen LogP contribution in [0.1, 0.15) is 21.5 Å². The lowest BCUT2D eigenvalue weighted by Crippen LogP contribution is -2.24. The lowest BCUT2D eigenvalue weighted by molar-refractivity contribution is 0.103. The molecule has 0 fully saturated rings. The average molecular weight is 474 g/mol. The van der Waals surface area contributed by atoms with Gasteiger partial charge in [0.1, 0.15) is 17.6 Å². The summed E-state index contributed by atoms with van der Waals surface area (Å²) in [5.74, 6) is -1.42. The van der Waals surface area contributed by atoms with E-state index in [1.807, 2.05) is 6.07 Å². The molecule has 28 heavy (non-hydrogen) atoms. The molecule has 2 rings (SSSR count). The van der Waals surface area contributed by atoms with Crippen LogP contribution in [0.15, 0.2) is 33.7 Å². The summed E-state index contributed by atoms with van der Waals surface area (Å²) < 4.78 is 39.3. The summed E-state index contributed by atoms with van der Waals surface area (Å²) >= 11 is 9.20. The molecular formula is C18H13BrClF3N4O. The van der Waals surface area contributed by atoms with Crippen LogP contribution in [0.3, 0.4) is 0 Å². The number of nitrogens with two attached hydrogens (primary N) is 1. The molecule has 0 spiro atoms. The Morgan fingerprint density at radius 3 is 2.71 bits per heavy atom. The summed E-state index contributed by atoms with van der Waals surface area (Å²) in [5, 5.41) is 9.64. The van der Waals surface area contributed by atoms with Gasteiger partial charge in [-0.05, 0) is 40.2 Å². The van der Waals surface area contributed by atoms with Gasteiger partial charge in [0.15, 0.2) is 5.78 Å². The number of rotatable bonds is 6. The second-order valence-corrected chi connectivity index (χ2v) is 6.85. The second-order valence-electron chi connectivity index (χ2n) is 5.59. The maximum Gasteiger partial charge on any atom is 0.255 e. The van der Waals surface area contributed by atoms with Gasteiger partial charge in [-0.2, -0.15) is 5.26 Å². The predicted molar refractivity (Wildman–Crippen MR) is 105 cm³/mol. The Morgan fingerprint density at radius 1 is 1.46 bits per heavy atom. The van der Waals surface area contributed by atoms with E-state index in [9.17, 15) is 23.2 Å². The van der Waals surface area contributed by atoms with E-state index >= 15 is 0 Å². The molecule has 0 amide bonds. The van der Waals surface area contributed by atoms with Gasteiger partial charge in [0.2, 0.25) is 0 Å². The Labute approximate surface area is 172 Å². The average Bonchev–Trinajstić information content (AvgIpc) is 2.63. The molecule has 0 radical (unpaired) electrons. The fourth-order valence-electron chi connectivity index (χ4n) is 2.57. The van der Waals surface area contributed by atoms with Gasteiger partial charge in [-0.25, -0.2) is 18.2 Å². The van der Waals surface area contributed by atoms with Gasteiger partial charge in [-0.15, -0.1) is 0 Å². The molecule has 0 atom stereocenters. The van der Waals surface area contributed by atoms with Crippen molar-refractivity contribution in [3.63, 3.8) is 0 Å². The third-order valence-corrected chi connectivity index (χ3v) is 4.73. The molecule has 2 aromatic carbocycles. The molecule has 0 heterocycles. The number of aliphatic imine (C=N–C) groups is 1. The van der Waals surface area contributed by atoms with E-state index in [0.29, 0.717) is 0 Å². The summed E-state index contributed by atoms with van der Waals surface area (Å²) in [6, 6.07) is 6.47. The maximum absolute atomic E-state index is 13.6. The highest BCUT2D eigenvalue weighted by atomic mass is 79.9. The Hall–Kier alpha value is -2.57. The molecule has 2 N–H and O–H groups in total. The molecule has 0 aliphatic carbocycles. The Morgan fingerprint density at radius 2 is 2.14 bits per heavy atom. The molecular weight excluding hydrogens is 461 g/mol. The molecule has 0 aliphatic rings.